The van der Waals surface area contributed by atoms with Gasteiger partial charge in [-0.3, -0.25) is 10.1 Å². The highest BCUT2D eigenvalue weighted by Gasteiger charge is 2.16. The minimum absolute atomic E-state index is 0.0703. The molecule has 1 heterocycles. The lowest BCUT2D eigenvalue weighted by atomic mass is 9.95. The van der Waals surface area contributed by atoms with Gasteiger partial charge < -0.3 is 0 Å². The van der Waals surface area contributed by atoms with Crippen LogP contribution in [0.3, 0.4) is 0 Å². The van der Waals surface area contributed by atoms with Crippen molar-refractivity contribution in [3.8, 4) is 0 Å². The van der Waals surface area contributed by atoms with Gasteiger partial charge in [0, 0.05) is 35.4 Å². The zero-order chi connectivity index (χ0) is 14.8. The van der Waals surface area contributed by atoms with Gasteiger partial charge in [0.25, 0.3) is 5.69 Å². The highest BCUT2D eigenvalue weighted by atomic mass is 16.6. The lowest BCUT2D eigenvalue weighted by molar-refractivity contribution is -0.384. The van der Waals surface area contributed by atoms with Crippen molar-refractivity contribution in [3.05, 3.63) is 75.3 Å². The van der Waals surface area contributed by atoms with E-state index in [0.717, 1.165) is 34.5 Å². The van der Waals surface area contributed by atoms with E-state index in [1.165, 1.54) is 12.1 Å². The van der Waals surface area contributed by atoms with Crippen LogP contribution in [0.25, 0.3) is 0 Å². The molecule has 0 aliphatic carbocycles. The Labute approximate surface area is 121 Å². The van der Waals surface area contributed by atoms with Gasteiger partial charge in [-0.15, -0.1) is 5.10 Å². The van der Waals surface area contributed by atoms with Crippen LogP contribution in [0, 0.1) is 10.1 Å². The van der Waals surface area contributed by atoms with Gasteiger partial charge in [0.1, 0.15) is 5.71 Å². The Hall–Kier alpha value is -2.82. The molecule has 0 saturated heterocycles. The summed E-state index contributed by atoms with van der Waals surface area (Å²) < 4.78 is 0. The van der Waals surface area contributed by atoms with Crippen molar-refractivity contribution in [2.45, 2.75) is 13.3 Å². The van der Waals surface area contributed by atoms with Gasteiger partial charge in [-0.1, -0.05) is 24.3 Å². The molecule has 0 aromatic heterocycles. The lowest BCUT2D eigenvalue weighted by Gasteiger charge is -2.08. The first kappa shape index (κ1) is 13.2. The summed E-state index contributed by atoms with van der Waals surface area (Å²) >= 11 is 0. The lowest BCUT2D eigenvalue weighted by Crippen LogP contribution is -2.06. The monoisotopic (exact) mass is 279 g/mol. The second-order valence-electron chi connectivity index (χ2n) is 4.92. The van der Waals surface area contributed by atoms with Gasteiger partial charge >= 0.3 is 0 Å². The van der Waals surface area contributed by atoms with Crippen molar-refractivity contribution in [1.82, 2.24) is 0 Å². The Bertz CT molecular complexity index is 761. The SMILES string of the molecule is CC1=NN=C(c2ccc([N+](=O)[O-])cc2)c2ccccc2C1. The van der Waals surface area contributed by atoms with Gasteiger partial charge in [-0.2, -0.15) is 5.10 Å². The molecule has 104 valence electrons. The molecule has 0 bridgehead atoms. The molecule has 0 spiro atoms. The first-order chi connectivity index (χ1) is 10.1. The van der Waals surface area contributed by atoms with Crippen LogP contribution in [0.15, 0.2) is 58.7 Å². The maximum atomic E-state index is 10.7. The number of nitro groups is 1. The molecule has 2 aromatic carbocycles. The summed E-state index contributed by atoms with van der Waals surface area (Å²) in [5, 5.41) is 19.3. The molecule has 0 amide bonds. The molecule has 5 nitrogen and oxygen atoms in total. The van der Waals surface area contributed by atoms with Crippen LogP contribution >= 0.6 is 0 Å². The summed E-state index contributed by atoms with van der Waals surface area (Å²) in [6.07, 6.45) is 0.760. The van der Waals surface area contributed by atoms with E-state index in [9.17, 15) is 10.1 Å². The fourth-order valence-corrected chi connectivity index (χ4v) is 2.36. The van der Waals surface area contributed by atoms with E-state index in [2.05, 4.69) is 16.3 Å². The van der Waals surface area contributed by atoms with Crippen molar-refractivity contribution in [2.24, 2.45) is 10.2 Å². The fraction of sp³-hybridized carbons (Fsp3) is 0.125. The Morgan fingerprint density at radius 1 is 1.05 bits per heavy atom. The number of non-ortho nitro benzene ring substituents is 1. The van der Waals surface area contributed by atoms with Crippen LogP contribution in [-0.4, -0.2) is 16.3 Å². The quantitative estimate of drug-likeness (QED) is 0.624. The average molecular weight is 279 g/mol. The Morgan fingerprint density at radius 3 is 2.48 bits per heavy atom. The van der Waals surface area contributed by atoms with Crippen molar-refractivity contribution in [1.29, 1.82) is 0 Å². The first-order valence-electron chi connectivity index (χ1n) is 6.59. The van der Waals surface area contributed by atoms with Crippen LogP contribution in [0.4, 0.5) is 5.69 Å². The summed E-state index contributed by atoms with van der Waals surface area (Å²) in [6.45, 7) is 1.94. The van der Waals surface area contributed by atoms with Gasteiger partial charge in [-0.05, 0) is 24.6 Å². The maximum Gasteiger partial charge on any atom is 0.269 e. The predicted octanol–water partition coefficient (Wildman–Crippen LogP) is 3.36. The molecule has 2 aromatic rings. The van der Waals surface area contributed by atoms with E-state index < -0.39 is 4.92 Å². The predicted molar refractivity (Wildman–Crippen MR) is 82.0 cm³/mol. The van der Waals surface area contributed by atoms with E-state index in [1.807, 2.05) is 25.1 Å². The summed E-state index contributed by atoms with van der Waals surface area (Å²) in [6, 6.07) is 14.4. The standard InChI is InChI=1S/C16H13N3O2/c1-11-10-13-4-2-3-5-15(13)16(18-17-11)12-6-8-14(9-7-12)19(20)21/h2-9H,10H2,1H3. The van der Waals surface area contributed by atoms with E-state index in [4.69, 9.17) is 0 Å². The largest absolute Gasteiger partial charge is 0.269 e. The summed E-state index contributed by atoms with van der Waals surface area (Å²) in [7, 11) is 0. The number of rotatable bonds is 2. The summed E-state index contributed by atoms with van der Waals surface area (Å²) in [5.74, 6) is 0. The number of benzene rings is 2. The van der Waals surface area contributed by atoms with Gasteiger partial charge in [0.05, 0.1) is 4.92 Å². The Balaban J connectivity index is 2.10. The number of nitrogens with zero attached hydrogens (tertiary/aromatic N) is 3. The second kappa shape index (κ2) is 5.28. The molecule has 0 unspecified atom stereocenters. The van der Waals surface area contributed by atoms with Crippen LogP contribution in [0.5, 0.6) is 0 Å². The van der Waals surface area contributed by atoms with Crippen molar-refractivity contribution < 1.29 is 4.92 Å². The summed E-state index contributed by atoms with van der Waals surface area (Å²) in [4.78, 5) is 10.3. The topological polar surface area (TPSA) is 67.9 Å². The normalized spacial score (nSPS) is 13.8. The second-order valence-corrected chi connectivity index (χ2v) is 4.92. The molecule has 0 radical (unpaired) electrons. The molecule has 1 aliphatic heterocycles. The number of nitro benzene ring substituents is 1. The third-order valence-corrected chi connectivity index (χ3v) is 3.39. The number of hydrogen-bond acceptors (Lipinski definition) is 4. The smallest absolute Gasteiger partial charge is 0.258 e. The third kappa shape index (κ3) is 2.58. The van der Waals surface area contributed by atoms with Crippen LogP contribution in [-0.2, 0) is 6.42 Å². The van der Waals surface area contributed by atoms with E-state index in [-0.39, 0.29) is 5.69 Å². The highest BCUT2D eigenvalue weighted by Crippen LogP contribution is 2.21. The Kier molecular flexibility index (Phi) is 3.31. The Morgan fingerprint density at radius 2 is 1.76 bits per heavy atom. The molecular formula is C16H13N3O2. The van der Waals surface area contributed by atoms with Crippen molar-refractivity contribution in [2.75, 3.05) is 0 Å². The van der Waals surface area contributed by atoms with Gasteiger partial charge in [0.2, 0.25) is 0 Å². The van der Waals surface area contributed by atoms with Gasteiger partial charge in [-0.25, -0.2) is 0 Å². The maximum absolute atomic E-state index is 10.7. The highest BCUT2D eigenvalue weighted by molar-refractivity contribution is 6.15. The third-order valence-electron chi connectivity index (χ3n) is 3.39. The molecule has 1 aliphatic rings. The molecule has 0 N–H and O–H groups in total. The number of hydrogen-bond donors (Lipinski definition) is 0. The molecule has 21 heavy (non-hydrogen) atoms. The molecule has 3 rings (SSSR count). The summed E-state index contributed by atoms with van der Waals surface area (Å²) in [5.41, 5.74) is 4.77. The minimum atomic E-state index is -0.408. The van der Waals surface area contributed by atoms with Crippen molar-refractivity contribution >= 4 is 17.1 Å². The van der Waals surface area contributed by atoms with Crippen LogP contribution < -0.4 is 0 Å². The molecule has 5 heteroatoms. The molecule has 0 fully saturated rings. The van der Waals surface area contributed by atoms with Crippen molar-refractivity contribution in [3.63, 3.8) is 0 Å². The first-order valence-corrected chi connectivity index (χ1v) is 6.59. The zero-order valence-corrected chi connectivity index (χ0v) is 11.5. The van der Waals surface area contributed by atoms with E-state index in [1.54, 1.807) is 12.1 Å². The average Bonchev–Trinajstić information content (AvgIpc) is 2.65. The van der Waals surface area contributed by atoms with E-state index >= 15 is 0 Å². The van der Waals surface area contributed by atoms with E-state index in [0.29, 0.717) is 0 Å². The minimum Gasteiger partial charge on any atom is -0.258 e. The zero-order valence-electron chi connectivity index (χ0n) is 11.5. The fourth-order valence-electron chi connectivity index (χ4n) is 2.36. The van der Waals surface area contributed by atoms with Gasteiger partial charge in [0.15, 0.2) is 0 Å². The van der Waals surface area contributed by atoms with Crippen LogP contribution in [0.1, 0.15) is 23.6 Å². The number of fused-ring (bicyclic) bond motifs is 1. The molecule has 0 saturated carbocycles. The molecule has 0 atom stereocenters. The van der Waals surface area contributed by atoms with Crippen LogP contribution in [0.2, 0.25) is 0 Å². The molecular weight excluding hydrogens is 266 g/mol.